The first-order chi connectivity index (χ1) is 10.1. The molecule has 0 radical (unpaired) electrons. The van der Waals surface area contributed by atoms with Crippen LogP contribution in [-0.2, 0) is 16.4 Å². The molecule has 1 N–H and O–H groups in total. The summed E-state index contributed by atoms with van der Waals surface area (Å²) < 4.78 is 27.8. The number of hydrogen-bond acceptors (Lipinski definition) is 2. The maximum Gasteiger partial charge on any atom is 0.240 e. The molecular formula is C17H27NO2S. The molecule has 0 atom stereocenters. The number of benzene rings is 1. The van der Waals surface area contributed by atoms with Gasteiger partial charge in [-0.25, -0.2) is 13.1 Å². The summed E-state index contributed by atoms with van der Waals surface area (Å²) in [4.78, 5) is 0.393. The summed E-state index contributed by atoms with van der Waals surface area (Å²) in [6.45, 7) is 2.13. The van der Waals surface area contributed by atoms with E-state index in [0.717, 1.165) is 38.5 Å². The fourth-order valence-corrected chi connectivity index (χ4v) is 4.29. The van der Waals surface area contributed by atoms with Crippen molar-refractivity contribution >= 4 is 10.0 Å². The number of sulfonamides is 1. The van der Waals surface area contributed by atoms with Crippen molar-refractivity contribution in [3.8, 4) is 0 Å². The minimum Gasteiger partial charge on any atom is -0.208 e. The Morgan fingerprint density at radius 1 is 1.00 bits per heavy atom. The van der Waals surface area contributed by atoms with Crippen molar-refractivity contribution in [1.82, 2.24) is 4.72 Å². The quantitative estimate of drug-likeness (QED) is 0.892. The van der Waals surface area contributed by atoms with Gasteiger partial charge in [0.05, 0.1) is 4.90 Å². The average molecular weight is 309 g/mol. The Hall–Kier alpha value is -0.870. The Labute approximate surface area is 129 Å². The smallest absolute Gasteiger partial charge is 0.208 e. The highest BCUT2D eigenvalue weighted by Gasteiger charge is 2.20. The van der Waals surface area contributed by atoms with Gasteiger partial charge in [-0.05, 0) is 37.0 Å². The number of rotatable bonds is 5. The second kappa shape index (κ2) is 7.95. The zero-order valence-electron chi connectivity index (χ0n) is 13.0. The predicted molar refractivity (Wildman–Crippen MR) is 86.9 cm³/mol. The molecular weight excluding hydrogens is 282 g/mol. The van der Waals surface area contributed by atoms with Crippen LogP contribution in [0.2, 0.25) is 0 Å². The van der Waals surface area contributed by atoms with E-state index in [4.69, 9.17) is 0 Å². The first-order valence-corrected chi connectivity index (χ1v) is 9.71. The van der Waals surface area contributed by atoms with Crippen LogP contribution in [0.1, 0.15) is 63.9 Å². The van der Waals surface area contributed by atoms with E-state index >= 15 is 0 Å². The van der Waals surface area contributed by atoms with E-state index in [1.165, 1.54) is 24.8 Å². The zero-order chi connectivity index (χ0) is 15.1. The summed E-state index contributed by atoms with van der Waals surface area (Å²) in [7, 11) is -3.37. The first-order valence-electron chi connectivity index (χ1n) is 8.23. The molecule has 2 rings (SSSR count). The van der Waals surface area contributed by atoms with Crippen molar-refractivity contribution in [2.24, 2.45) is 0 Å². The van der Waals surface area contributed by atoms with Gasteiger partial charge in [0.15, 0.2) is 0 Å². The van der Waals surface area contributed by atoms with Gasteiger partial charge in [-0.15, -0.1) is 0 Å². The summed E-state index contributed by atoms with van der Waals surface area (Å²) in [5.41, 5.74) is 1.20. The lowest BCUT2D eigenvalue weighted by atomic mass is 9.97. The summed E-state index contributed by atoms with van der Waals surface area (Å²) in [5, 5.41) is 0. The van der Waals surface area contributed by atoms with Gasteiger partial charge in [0.1, 0.15) is 0 Å². The lowest BCUT2D eigenvalue weighted by Gasteiger charge is -2.21. The zero-order valence-corrected chi connectivity index (χ0v) is 13.8. The molecule has 3 nitrogen and oxygen atoms in total. The minimum absolute atomic E-state index is 0.102. The maximum absolute atomic E-state index is 12.5. The van der Waals surface area contributed by atoms with Crippen LogP contribution in [0.3, 0.4) is 0 Å². The highest BCUT2D eigenvalue weighted by atomic mass is 32.2. The first kappa shape index (κ1) is 16.5. The van der Waals surface area contributed by atoms with Crippen LogP contribution in [0, 0.1) is 0 Å². The molecule has 1 aromatic carbocycles. The monoisotopic (exact) mass is 309 g/mol. The molecule has 118 valence electrons. The number of hydrogen-bond donors (Lipinski definition) is 1. The van der Waals surface area contributed by atoms with Crippen LogP contribution in [-0.4, -0.2) is 14.5 Å². The molecule has 0 bridgehead atoms. The minimum atomic E-state index is -3.37. The fourth-order valence-electron chi connectivity index (χ4n) is 2.99. The van der Waals surface area contributed by atoms with Crippen LogP contribution in [0.15, 0.2) is 29.2 Å². The molecule has 0 aliphatic heterocycles. The molecule has 0 aromatic heterocycles. The summed E-state index contributed by atoms with van der Waals surface area (Å²) in [6.07, 6.45) is 10.0. The van der Waals surface area contributed by atoms with Crippen molar-refractivity contribution in [3.63, 3.8) is 0 Å². The third-order valence-electron chi connectivity index (χ3n) is 4.20. The molecule has 0 unspecified atom stereocenters. The van der Waals surface area contributed by atoms with Crippen molar-refractivity contribution in [2.75, 3.05) is 0 Å². The lowest BCUT2D eigenvalue weighted by Crippen LogP contribution is -2.35. The van der Waals surface area contributed by atoms with E-state index in [1.54, 1.807) is 12.1 Å². The van der Waals surface area contributed by atoms with Gasteiger partial charge in [-0.1, -0.05) is 57.6 Å². The van der Waals surface area contributed by atoms with Gasteiger partial charge in [0.25, 0.3) is 0 Å². The Balaban J connectivity index is 2.02. The molecule has 0 heterocycles. The molecule has 0 spiro atoms. The fraction of sp³-hybridized carbons (Fsp3) is 0.647. The molecule has 0 saturated heterocycles. The molecule has 1 aromatic rings. The third kappa shape index (κ3) is 5.11. The second-order valence-corrected chi connectivity index (χ2v) is 7.77. The third-order valence-corrected chi connectivity index (χ3v) is 5.74. The van der Waals surface area contributed by atoms with Crippen LogP contribution in [0.25, 0.3) is 0 Å². The van der Waals surface area contributed by atoms with Crippen molar-refractivity contribution in [2.45, 2.75) is 75.6 Å². The summed E-state index contributed by atoms with van der Waals surface area (Å²) in [5.74, 6) is 0. The highest BCUT2D eigenvalue weighted by molar-refractivity contribution is 7.89. The normalized spacial score (nSPS) is 18.1. The number of aryl methyl sites for hydroxylation is 1. The van der Waals surface area contributed by atoms with E-state index in [9.17, 15) is 8.42 Å². The van der Waals surface area contributed by atoms with E-state index in [-0.39, 0.29) is 6.04 Å². The highest BCUT2D eigenvalue weighted by Crippen LogP contribution is 2.19. The Morgan fingerprint density at radius 3 is 2.14 bits per heavy atom. The topological polar surface area (TPSA) is 46.2 Å². The van der Waals surface area contributed by atoms with Crippen LogP contribution in [0.4, 0.5) is 0 Å². The predicted octanol–water partition coefficient (Wildman–Crippen LogP) is 4.03. The van der Waals surface area contributed by atoms with E-state index in [1.807, 2.05) is 12.1 Å². The van der Waals surface area contributed by atoms with Crippen LogP contribution in [0.5, 0.6) is 0 Å². The van der Waals surface area contributed by atoms with Crippen molar-refractivity contribution < 1.29 is 8.42 Å². The van der Waals surface area contributed by atoms with Crippen LogP contribution < -0.4 is 4.72 Å². The molecule has 4 heteroatoms. The van der Waals surface area contributed by atoms with Crippen molar-refractivity contribution in [3.05, 3.63) is 29.8 Å². The molecule has 0 amide bonds. The van der Waals surface area contributed by atoms with Gasteiger partial charge < -0.3 is 0 Å². The lowest BCUT2D eigenvalue weighted by molar-refractivity contribution is 0.426. The maximum atomic E-state index is 12.5. The Bertz CT molecular complexity index is 514. The van der Waals surface area contributed by atoms with Gasteiger partial charge in [0, 0.05) is 6.04 Å². The summed E-state index contributed by atoms with van der Waals surface area (Å²) in [6, 6.07) is 7.42. The van der Waals surface area contributed by atoms with E-state index in [0.29, 0.717) is 4.90 Å². The Morgan fingerprint density at radius 2 is 1.57 bits per heavy atom. The SMILES string of the molecule is CCCc1ccc(S(=O)(=O)NC2CCCCCCC2)cc1. The second-order valence-electron chi connectivity index (χ2n) is 6.06. The average Bonchev–Trinajstić information content (AvgIpc) is 2.43. The molecule has 1 aliphatic rings. The van der Waals surface area contributed by atoms with Gasteiger partial charge in [-0.3, -0.25) is 0 Å². The molecule has 21 heavy (non-hydrogen) atoms. The van der Waals surface area contributed by atoms with Gasteiger partial charge >= 0.3 is 0 Å². The molecule has 1 fully saturated rings. The van der Waals surface area contributed by atoms with Gasteiger partial charge in [-0.2, -0.15) is 0 Å². The largest absolute Gasteiger partial charge is 0.240 e. The Kier molecular flexibility index (Phi) is 6.24. The van der Waals surface area contributed by atoms with Crippen molar-refractivity contribution in [1.29, 1.82) is 0 Å². The van der Waals surface area contributed by atoms with Crippen LogP contribution >= 0.6 is 0 Å². The standard InChI is InChI=1S/C17H27NO2S/c1-2-8-15-11-13-17(14-12-15)21(19,20)18-16-9-6-4-3-5-7-10-16/h11-14,16,18H,2-10H2,1H3. The number of nitrogens with one attached hydrogen (secondary N) is 1. The molecule has 1 aliphatic carbocycles. The van der Waals surface area contributed by atoms with E-state index in [2.05, 4.69) is 11.6 Å². The van der Waals surface area contributed by atoms with Gasteiger partial charge in [0.2, 0.25) is 10.0 Å². The molecule has 1 saturated carbocycles. The summed E-state index contributed by atoms with van der Waals surface area (Å²) >= 11 is 0. The van der Waals surface area contributed by atoms with E-state index < -0.39 is 10.0 Å².